The number of benzene rings is 2. The van der Waals surface area contributed by atoms with Gasteiger partial charge in [0.15, 0.2) is 0 Å². The average Bonchev–Trinajstić information content (AvgIpc) is 2.56. The van der Waals surface area contributed by atoms with Crippen molar-refractivity contribution in [2.75, 3.05) is 0 Å². The second-order valence-electron chi connectivity index (χ2n) is 8.33. The van der Waals surface area contributed by atoms with Gasteiger partial charge in [-0.3, -0.25) is 0 Å². The molecule has 0 heteroatoms. The van der Waals surface area contributed by atoms with Crippen molar-refractivity contribution in [3.05, 3.63) is 70.8 Å². The van der Waals surface area contributed by atoms with Crippen LogP contribution in [-0.4, -0.2) is 0 Å². The summed E-state index contributed by atoms with van der Waals surface area (Å²) in [5.41, 5.74) is 5.41. The van der Waals surface area contributed by atoms with Gasteiger partial charge in [0.2, 0.25) is 0 Å². The molecule has 0 spiro atoms. The second-order valence-corrected chi connectivity index (χ2v) is 8.33. The lowest BCUT2D eigenvalue weighted by Crippen LogP contribution is -2.19. The minimum absolute atomic E-state index is 0.0188. The molecule has 0 aliphatic heterocycles. The molecular formula is C26H36. The summed E-state index contributed by atoms with van der Waals surface area (Å²) in [5.74, 6) is 6.34. The smallest absolute Gasteiger partial charge is 0.0298 e. The minimum atomic E-state index is 0.0188. The van der Waals surface area contributed by atoms with Crippen LogP contribution >= 0.6 is 0 Å². The summed E-state index contributed by atoms with van der Waals surface area (Å²) >= 11 is 0. The molecule has 2 aromatic carbocycles. The monoisotopic (exact) mass is 348 g/mol. The highest BCUT2D eigenvalue weighted by Crippen LogP contribution is 2.32. The molecule has 0 amide bonds. The molecule has 0 N–H and O–H groups in total. The molecule has 0 unspecified atom stereocenters. The number of rotatable bonds is 4. The van der Waals surface area contributed by atoms with Crippen LogP contribution in [0.25, 0.3) is 0 Å². The van der Waals surface area contributed by atoms with E-state index in [4.69, 9.17) is 0 Å². The van der Waals surface area contributed by atoms with Crippen molar-refractivity contribution in [1.82, 2.24) is 0 Å². The third-order valence-electron chi connectivity index (χ3n) is 4.56. The van der Waals surface area contributed by atoms with Crippen LogP contribution in [0, 0.1) is 24.2 Å². The Morgan fingerprint density at radius 2 is 1.19 bits per heavy atom. The Morgan fingerprint density at radius 1 is 0.769 bits per heavy atom. The van der Waals surface area contributed by atoms with Gasteiger partial charge >= 0.3 is 0 Å². The fraction of sp³-hybridized carbons (Fsp3) is 0.462. The lowest BCUT2D eigenvalue weighted by atomic mass is 9.77. The lowest BCUT2D eigenvalue weighted by Gasteiger charge is -2.27. The Hall–Kier alpha value is -2.00. The zero-order valence-corrected chi connectivity index (χ0v) is 18.0. The maximum absolute atomic E-state index is 3.30. The van der Waals surface area contributed by atoms with Crippen LogP contribution in [0.3, 0.4) is 0 Å². The van der Waals surface area contributed by atoms with E-state index in [1.54, 1.807) is 0 Å². The molecule has 0 aromatic heterocycles. The first kappa shape index (κ1) is 22.0. The van der Waals surface area contributed by atoms with Gasteiger partial charge < -0.3 is 0 Å². The molecule has 0 atom stereocenters. The summed E-state index contributed by atoms with van der Waals surface area (Å²) < 4.78 is 0. The summed E-state index contributed by atoms with van der Waals surface area (Å²) in [6.45, 7) is 17.3. The Morgan fingerprint density at radius 3 is 1.62 bits per heavy atom. The summed E-state index contributed by atoms with van der Waals surface area (Å²) in [5, 5.41) is 0. The highest BCUT2D eigenvalue weighted by atomic mass is 14.3. The van der Waals surface area contributed by atoms with E-state index in [0.717, 1.165) is 6.42 Å². The topological polar surface area (TPSA) is 0 Å². The third-order valence-corrected chi connectivity index (χ3v) is 4.56. The quantitative estimate of drug-likeness (QED) is 0.507. The van der Waals surface area contributed by atoms with Gasteiger partial charge in [-0.25, -0.2) is 0 Å². The molecule has 0 nitrogen and oxygen atoms in total. The summed E-state index contributed by atoms with van der Waals surface area (Å²) in [6, 6.07) is 17.9. The van der Waals surface area contributed by atoms with Gasteiger partial charge in [0.25, 0.3) is 0 Å². The SMILES string of the molecule is CC#CC(C)(C)Cc1ccc(C(C)(C)c2ccc(C)cc2)cc1.CCC. The molecule has 140 valence electrons. The van der Waals surface area contributed by atoms with E-state index in [-0.39, 0.29) is 10.8 Å². The summed E-state index contributed by atoms with van der Waals surface area (Å²) in [7, 11) is 0. The summed E-state index contributed by atoms with van der Waals surface area (Å²) in [6.07, 6.45) is 2.24. The maximum atomic E-state index is 3.30. The van der Waals surface area contributed by atoms with Crippen LogP contribution in [0.2, 0.25) is 0 Å². The van der Waals surface area contributed by atoms with Crippen molar-refractivity contribution in [3.63, 3.8) is 0 Å². The van der Waals surface area contributed by atoms with E-state index in [0.29, 0.717) is 0 Å². The molecule has 0 saturated carbocycles. The van der Waals surface area contributed by atoms with Crippen molar-refractivity contribution in [3.8, 4) is 11.8 Å². The van der Waals surface area contributed by atoms with Crippen molar-refractivity contribution in [2.45, 2.75) is 73.6 Å². The molecule has 0 fully saturated rings. The molecule has 0 saturated heterocycles. The van der Waals surface area contributed by atoms with Gasteiger partial charge in [0.05, 0.1) is 0 Å². The molecule has 2 rings (SSSR count). The third kappa shape index (κ3) is 6.38. The Balaban J connectivity index is 0.00000105. The molecule has 0 bridgehead atoms. The fourth-order valence-electron chi connectivity index (χ4n) is 3.07. The van der Waals surface area contributed by atoms with E-state index in [1.807, 2.05) is 6.92 Å². The van der Waals surface area contributed by atoms with Crippen LogP contribution in [0.1, 0.15) is 77.1 Å². The van der Waals surface area contributed by atoms with Gasteiger partial charge in [-0.05, 0) is 50.8 Å². The van der Waals surface area contributed by atoms with E-state index in [9.17, 15) is 0 Å². The normalized spacial score (nSPS) is 11.1. The molecule has 26 heavy (non-hydrogen) atoms. The van der Waals surface area contributed by atoms with Gasteiger partial charge in [0.1, 0.15) is 0 Å². The van der Waals surface area contributed by atoms with Gasteiger partial charge in [-0.15, -0.1) is 5.92 Å². The highest BCUT2D eigenvalue weighted by molar-refractivity contribution is 5.39. The number of hydrogen-bond acceptors (Lipinski definition) is 0. The molecular weight excluding hydrogens is 312 g/mol. The van der Waals surface area contributed by atoms with Crippen molar-refractivity contribution >= 4 is 0 Å². The second kappa shape index (κ2) is 9.63. The van der Waals surface area contributed by atoms with E-state index in [2.05, 4.69) is 109 Å². The molecule has 0 heterocycles. The number of hydrogen-bond donors (Lipinski definition) is 0. The predicted molar refractivity (Wildman–Crippen MR) is 117 cm³/mol. The van der Waals surface area contributed by atoms with Crippen LogP contribution in [0.15, 0.2) is 48.5 Å². The highest BCUT2D eigenvalue weighted by Gasteiger charge is 2.23. The Labute approximate surface area is 162 Å². The predicted octanol–water partition coefficient (Wildman–Crippen LogP) is 7.33. The average molecular weight is 349 g/mol. The van der Waals surface area contributed by atoms with Crippen LogP contribution in [0.4, 0.5) is 0 Å². The van der Waals surface area contributed by atoms with Crippen LogP contribution < -0.4 is 0 Å². The minimum Gasteiger partial charge on any atom is -0.106 e. The Bertz CT molecular complexity index is 716. The molecule has 0 aliphatic carbocycles. The zero-order chi connectivity index (χ0) is 19.8. The van der Waals surface area contributed by atoms with Crippen LogP contribution in [0.5, 0.6) is 0 Å². The van der Waals surface area contributed by atoms with Crippen molar-refractivity contribution in [2.24, 2.45) is 5.41 Å². The van der Waals surface area contributed by atoms with Crippen LogP contribution in [-0.2, 0) is 11.8 Å². The first-order valence-corrected chi connectivity index (χ1v) is 9.76. The van der Waals surface area contributed by atoms with Gasteiger partial charge in [-0.2, -0.15) is 0 Å². The van der Waals surface area contributed by atoms with Gasteiger partial charge in [-0.1, -0.05) is 94.1 Å². The lowest BCUT2D eigenvalue weighted by molar-refractivity contribution is 0.500. The standard InChI is InChI=1S/C23H28.C3H8/c1-7-16-22(3,4)17-19-10-14-21(15-11-19)23(5,6)20-12-8-18(2)9-13-20;1-3-2/h8-15H,17H2,1-6H3;3H2,1-2H3. The Kier molecular flexibility index (Phi) is 8.16. The largest absolute Gasteiger partial charge is 0.106 e. The first-order chi connectivity index (χ1) is 12.2. The molecule has 0 aliphatic rings. The first-order valence-electron chi connectivity index (χ1n) is 9.76. The fourth-order valence-corrected chi connectivity index (χ4v) is 3.07. The molecule has 0 radical (unpaired) electrons. The van der Waals surface area contributed by atoms with E-state index < -0.39 is 0 Å². The van der Waals surface area contributed by atoms with Crippen molar-refractivity contribution < 1.29 is 0 Å². The van der Waals surface area contributed by atoms with E-state index >= 15 is 0 Å². The van der Waals surface area contributed by atoms with E-state index in [1.165, 1.54) is 28.7 Å². The molecule has 2 aromatic rings. The van der Waals surface area contributed by atoms with Gasteiger partial charge in [0, 0.05) is 10.8 Å². The summed E-state index contributed by atoms with van der Waals surface area (Å²) in [4.78, 5) is 0. The number of aryl methyl sites for hydroxylation is 1. The maximum Gasteiger partial charge on any atom is 0.0298 e. The zero-order valence-electron chi connectivity index (χ0n) is 18.0. The van der Waals surface area contributed by atoms with Crippen molar-refractivity contribution in [1.29, 1.82) is 0 Å².